The van der Waals surface area contributed by atoms with E-state index < -0.39 is 10.0 Å². The number of benzene rings is 1. The third kappa shape index (κ3) is 2.61. The van der Waals surface area contributed by atoms with Gasteiger partial charge < -0.3 is 0 Å². The van der Waals surface area contributed by atoms with E-state index in [0.29, 0.717) is 16.9 Å². The van der Waals surface area contributed by atoms with Gasteiger partial charge in [-0.15, -0.1) is 0 Å². The number of aromatic nitrogens is 2. The van der Waals surface area contributed by atoms with Crippen molar-refractivity contribution in [2.24, 2.45) is 7.05 Å². The normalized spacial score (nSPS) is 11.1. The van der Waals surface area contributed by atoms with Gasteiger partial charge in [-0.05, 0) is 25.1 Å². The first-order valence-corrected chi connectivity index (χ1v) is 7.43. The summed E-state index contributed by atoms with van der Waals surface area (Å²) in [6, 6.07) is 8.11. The lowest BCUT2D eigenvalue weighted by atomic mass is 10.2. The van der Waals surface area contributed by atoms with Crippen molar-refractivity contribution in [3.8, 4) is 6.07 Å². The fourth-order valence-corrected chi connectivity index (χ4v) is 3.58. The third-order valence-corrected chi connectivity index (χ3v) is 4.69. The largest absolute Gasteiger partial charge is 0.279 e. The Kier molecular flexibility index (Phi) is 3.70. The van der Waals surface area contributed by atoms with E-state index in [1.807, 2.05) is 6.07 Å². The summed E-state index contributed by atoms with van der Waals surface area (Å²) in [6.07, 6.45) is 0. The minimum Gasteiger partial charge on any atom is -0.279 e. The van der Waals surface area contributed by atoms with E-state index in [-0.39, 0.29) is 10.0 Å². The molecular formula is C12H11ClN4O2S. The number of aryl methyl sites for hydroxylation is 2. The number of nitrogens with zero attached hydrogens (tertiary/aromatic N) is 3. The number of nitriles is 1. The van der Waals surface area contributed by atoms with E-state index in [1.54, 1.807) is 32.2 Å². The molecule has 0 unspecified atom stereocenters. The third-order valence-electron chi connectivity index (χ3n) is 2.61. The molecule has 0 bridgehead atoms. The van der Waals surface area contributed by atoms with Crippen LogP contribution in [0.2, 0.25) is 5.15 Å². The molecule has 0 spiro atoms. The van der Waals surface area contributed by atoms with Crippen molar-refractivity contribution in [1.82, 2.24) is 9.78 Å². The van der Waals surface area contributed by atoms with Crippen LogP contribution in [0.1, 0.15) is 11.3 Å². The summed E-state index contributed by atoms with van der Waals surface area (Å²) in [6.45, 7) is 1.56. The number of anilines is 1. The van der Waals surface area contributed by atoms with E-state index in [2.05, 4.69) is 9.82 Å². The van der Waals surface area contributed by atoms with Crippen LogP contribution >= 0.6 is 11.6 Å². The van der Waals surface area contributed by atoms with Crippen molar-refractivity contribution in [3.05, 3.63) is 40.7 Å². The molecule has 0 aliphatic carbocycles. The first-order chi connectivity index (χ1) is 9.35. The molecule has 20 heavy (non-hydrogen) atoms. The molecule has 0 saturated carbocycles. The number of hydrogen-bond acceptors (Lipinski definition) is 4. The van der Waals surface area contributed by atoms with Gasteiger partial charge in [-0.1, -0.05) is 17.7 Å². The lowest BCUT2D eigenvalue weighted by molar-refractivity contribution is 0.600. The Morgan fingerprint density at radius 1 is 1.45 bits per heavy atom. The molecule has 0 amide bonds. The number of nitrogens with one attached hydrogen (secondary N) is 1. The maximum atomic E-state index is 12.3. The molecule has 2 aromatic rings. The Morgan fingerprint density at radius 2 is 2.15 bits per heavy atom. The van der Waals surface area contributed by atoms with Crippen molar-refractivity contribution < 1.29 is 8.42 Å². The second kappa shape index (κ2) is 5.15. The SMILES string of the molecule is Cc1nn(C)c(Cl)c1S(=O)(=O)Nc1cccc(C#N)c1. The summed E-state index contributed by atoms with van der Waals surface area (Å²) >= 11 is 5.95. The van der Waals surface area contributed by atoms with Crippen LogP contribution in [0.4, 0.5) is 5.69 Å². The smallest absolute Gasteiger partial charge is 0.266 e. The summed E-state index contributed by atoms with van der Waals surface area (Å²) in [4.78, 5) is -0.0657. The van der Waals surface area contributed by atoms with Gasteiger partial charge in [-0.2, -0.15) is 10.4 Å². The quantitative estimate of drug-likeness (QED) is 0.939. The molecule has 0 aliphatic heterocycles. The van der Waals surface area contributed by atoms with Crippen LogP contribution in [0.15, 0.2) is 29.2 Å². The highest BCUT2D eigenvalue weighted by Crippen LogP contribution is 2.26. The Bertz CT molecular complexity index is 805. The average Bonchev–Trinajstić information content (AvgIpc) is 2.63. The number of hydrogen-bond donors (Lipinski definition) is 1. The minimum atomic E-state index is -3.85. The van der Waals surface area contributed by atoms with Crippen molar-refractivity contribution in [2.45, 2.75) is 11.8 Å². The molecule has 1 heterocycles. The van der Waals surface area contributed by atoms with E-state index in [4.69, 9.17) is 16.9 Å². The van der Waals surface area contributed by atoms with Gasteiger partial charge in [0.2, 0.25) is 0 Å². The summed E-state index contributed by atoms with van der Waals surface area (Å²) in [5.41, 5.74) is 0.962. The topological polar surface area (TPSA) is 87.8 Å². The first-order valence-electron chi connectivity index (χ1n) is 5.57. The first kappa shape index (κ1) is 14.4. The fourth-order valence-electron chi connectivity index (χ4n) is 1.77. The highest BCUT2D eigenvalue weighted by molar-refractivity contribution is 7.92. The molecule has 0 fully saturated rings. The molecule has 0 aliphatic rings. The Morgan fingerprint density at radius 3 is 2.70 bits per heavy atom. The van der Waals surface area contributed by atoms with E-state index in [0.717, 1.165) is 0 Å². The fraction of sp³-hybridized carbons (Fsp3) is 0.167. The molecule has 8 heteroatoms. The standard InChI is InChI=1S/C12H11ClN4O2S/c1-8-11(12(13)17(2)15-8)20(18,19)16-10-5-3-4-9(6-10)7-14/h3-6,16H,1-2H3. The summed E-state index contributed by atoms with van der Waals surface area (Å²) < 4.78 is 28.3. The number of rotatable bonds is 3. The second-order valence-corrected chi connectivity index (χ2v) is 6.10. The summed E-state index contributed by atoms with van der Waals surface area (Å²) in [5.74, 6) is 0. The molecule has 1 N–H and O–H groups in total. The van der Waals surface area contributed by atoms with Crippen molar-refractivity contribution in [2.75, 3.05) is 4.72 Å². The van der Waals surface area contributed by atoms with Crippen LogP contribution < -0.4 is 4.72 Å². The van der Waals surface area contributed by atoms with Gasteiger partial charge in [0.05, 0.1) is 23.0 Å². The summed E-state index contributed by atoms with van der Waals surface area (Å²) in [5, 5.41) is 12.8. The van der Waals surface area contributed by atoms with Gasteiger partial charge in [0.25, 0.3) is 10.0 Å². The van der Waals surface area contributed by atoms with Gasteiger partial charge in [0.1, 0.15) is 10.0 Å². The highest BCUT2D eigenvalue weighted by atomic mass is 35.5. The molecule has 6 nitrogen and oxygen atoms in total. The molecular weight excluding hydrogens is 300 g/mol. The Labute approximate surface area is 121 Å². The second-order valence-electron chi connectivity index (χ2n) is 4.13. The zero-order valence-corrected chi connectivity index (χ0v) is 12.3. The van der Waals surface area contributed by atoms with E-state index >= 15 is 0 Å². The molecule has 1 aromatic heterocycles. The van der Waals surface area contributed by atoms with Gasteiger partial charge in [0.15, 0.2) is 0 Å². The summed E-state index contributed by atoms with van der Waals surface area (Å²) in [7, 11) is -2.29. The maximum Gasteiger partial charge on any atom is 0.266 e. The number of sulfonamides is 1. The van der Waals surface area contributed by atoms with Crippen LogP contribution in [0.3, 0.4) is 0 Å². The van der Waals surface area contributed by atoms with Crippen molar-refractivity contribution in [3.63, 3.8) is 0 Å². The Balaban J connectivity index is 2.44. The van der Waals surface area contributed by atoms with E-state index in [9.17, 15) is 8.42 Å². The van der Waals surface area contributed by atoms with Crippen LogP contribution in [0, 0.1) is 18.3 Å². The molecule has 0 saturated heterocycles. The maximum absolute atomic E-state index is 12.3. The van der Waals surface area contributed by atoms with Crippen LogP contribution in [-0.4, -0.2) is 18.2 Å². The van der Waals surface area contributed by atoms with Gasteiger partial charge in [-0.25, -0.2) is 8.42 Å². The molecule has 1 aromatic carbocycles. The predicted molar refractivity (Wildman–Crippen MR) is 74.9 cm³/mol. The minimum absolute atomic E-state index is 0.0337. The van der Waals surface area contributed by atoms with Gasteiger partial charge in [-0.3, -0.25) is 9.40 Å². The molecule has 0 radical (unpaired) electrons. The molecule has 2 rings (SSSR count). The average molecular weight is 311 g/mol. The lowest BCUT2D eigenvalue weighted by Crippen LogP contribution is -2.14. The zero-order valence-electron chi connectivity index (χ0n) is 10.8. The van der Waals surface area contributed by atoms with Crippen LogP contribution in [-0.2, 0) is 17.1 Å². The molecule has 0 atom stereocenters. The Hall–Kier alpha value is -2.04. The van der Waals surface area contributed by atoms with Gasteiger partial charge >= 0.3 is 0 Å². The van der Waals surface area contributed by atoms with Crippen LogP contribution in [0.25, 0.3) is 0 Å². The zero-order chi connectivity index (χ0) is 14.9. The lowest BCUT2D eigenvalue weighted by Gasteiger charge is -2.07. The van der Waals surface area contributed by atoms with Crippen LogP contribution in [0.5, 0.6) is 0 Å². The molecule has 104 valence electrons. The van der Waals surface area contributed by atoms with Crippen molar-refractivity contribution >= 4 is 27.3 Å². The highest BCUT2D eigenvalue weighted by Gasteiger charge is 2.25. The van der Waals surface area contributed by atoms with E-state index in [1.165, 1.54) is 10.7 Å². The monoisotopic (exact) mass is 310 g/mol. The number of halogens is 1. The van der Waals surface area contributed by atoms with Gasteiger partial charge in [0, 0.05) is 7.05 Å². The van der Waals surface area contributed by atoms with Crippen molar-refractivity contribution in [1.29, 1.82) is 5.26 Å². The predicted octanol–water partition coefficient (Wildman–Crippen LogP) is 2.05.